The molecular weight excluding hydrogens is 310 g/mol. The number of aliphatic hydroxyl groups excluding tert-OH is 1. The number of carbonyl (C=O) groups excluding carboxylic acids is 1. The summed E-state index contributed by atoms with van der Waals surface area (Å²) in [7, 11) is 0. The lowest BCUT2D eigenvalue weighted by Gasteiger charge is -2.34. The number of hydrogen-bond acceptors (Lipinski definition) is 4. The highest BCUT2D eigenvalue weighted by Crippen LogP contribution is 2.25. The SMILES string of the molecule is O=C(NC1CCN(c2cccs2)CC1)NC1CCCCC1CO. The predicted molar refractivity (Wildman–Crippen MR) is 94.1 cm³/mol. The average molecular weight is 337 g/mol. The Labute approximate surface area is 142 Å². The topological polar surface area (TPSA) is 64.6 Å². The van der Waals surface area contributed by atoms with Crippen molar-refractivity contribution in [2.24, 2.45) is 5.92 Å². The molecule has 3 N–H and O–H groups in total. The number of rotatable bonds is 4. The van der Waals surface area contributed by atoms with E-state index in [-0.39, 0.29) is 30.6 Å². The first-order chi connectivity index (χ1) is 11.3. The van der Waals surface area contributed by atoms with Gasteiger partial charge in [0.2, 0.25) is 0 Å². The average Bonchev–Trinajstić information content (AvgIpc) is 3.10. The van der Waals surface area contributed by atoms with E-state index in [2.05, 4.69) is 33.0 Å². The molecule has 2 amide bonds. The molecule has 5 nitrogen and oxygen atoms in total. The van der Waals surface area contributed by atoms with E-state index in [4.69, 9.17) is 0 Å². The summed E-state index contributed by atoms with van der Waals surface area (Å²) < 4.78 is 0. The summed E-state index contributed by atoms with van der Waals surface area (Å²) in [5.74, 6) is 0.218. The Bertz CT molecular complexity index is 486. The highest BCUT2D eigenvalue weighted by atomic mass is 32.1. The van der Waals surface area contributed by atoms with E-state index >= 15 is 0 Å². The highest BCUT2D eigenvalue weighted by Gasteiger charge is 2.27. The van der Waals surface area contributed by atoms with Crippen LogP contribution in [0.25, 0.3) is 0 Å². The summed E-state index contributed by atoms with van der Waals surface area (Å²) in [6.07, 6.45) is 6.27. The molecule has 2 fully saturated rings. The lowest BCUT2D eigenvalue weighted by Crippen LogP contribution is -2.52. The fourth-order valence-corrected chi connectivity index (χ4v) is 4.49. The summed E-state index contributed by atoms with van der Waals surface area (Å²) in [5.41, 5.74) is 0. The molecule has 1 saturated heterocycles. The lowest BCUT2D eigenvalue weighted by atomic mass is 9.85. The van der Waals surface area contributed by atoms with Gasteiger partial charge in [-0.25, -0.2) is 4.79 Å². The number of thiophene rings is 1. The number of piperidine rings is 1. The fourth-order valence-electron chi connectivity index (χ4n) is 3.71. The number of carbonyl (C=O) groups is 1. The van der Waals surface area contributed by atoms with Gasteiger partial charge < -0.3 is 20.6 Å². The van der Waals surface area contributed by atoms with Gasteiger partial charge in [-0.05, 0) is 43.2 Å². The first-order valence-corrected chi connectivity index (χ1v) is 9.60. The quantitative estimate of drug-likeness (QED) is 0.791. The molecule has 2 heterocycles. The number of amides is 2. The molecule has 0 aromatic carbocycles. The van der Waals surface area contributed by atoms with E-state index in [9.17, 15) is 9.90 Å². The molecule has 1 aromatic heterocycles. The molecular formula is C17H27N3O2S. The Morgan fingerprint density at radius 3 is 2.70 bits per heavy atom. The molecule has 2 aliphatic rings. The van der Waals surface area contributed by atoms with Crippen LogP contribution in [-0.2, 0) is 0 Å². The van der Waals surface area contributed by atoms with Crippen molar-refractivity contribution in [1.82, 2.24) is 10.6 Å². The van der Waals surface area contributed by atoms with Crippen molar-refractivity contribution in [3.05, 3.63) is 17.5 Å². The third-order valence-electron chi connectivity index (χ3n) is 5.11. The molecule has 23 heavy (non-hydrogen) atoms. The van der Waals surface area contributed by atoms with Gasteiger partial charge >= 0.3 is 6.03 Å². The van der Waals surface area contributed by atoms with Crippen molar-refractivity contribution in [3.8, 4) is 0 Å². The van der Waals surface area contributed by atoms with E-state index < -0.39 is 0 Å². The largest absolute Gasteiger partial charge is 0.396 e. The van der Waals surface area contributed by atoms with Crippen molar-refractivity contribution in [3.63, 3.8) is 0 Å². The van der Waals surface area contributed by atoms with Gasteiger partial charge in [-0.15, -0.1) is 11.3 Å². The third-order valence-corrected chi connectivity index (χ3v) is 6.04. The van der Waals surface area contributed by atoms with Crippen molar-refractivity contribution in [2.75, 3.05) is 24.6 Å². The Kier molecular flexibility index (Phi) is 5.78. The van der Waals surface area contributed by atoms with Gasteiger partial charge in [-0.3, -0.25) is 0 Å². The molecule has 0 spiro atoms. The van der Waals surface area contributed by atoms with E-state index in [1.807, 2.05) is 0 Å². The normalized spacial score (nSPS) is 26.0. The van der Waals surface area contributed by atoms with E-state index in [0.29, 0.717) is 0 Å². The zero-order valence-corrected chi connectivity index (χ0v) is 14.4. The van der Waals surface area contributed by atoms with E-state index in [0.717, 1.165) is 51.6 Å². The molecule has 0 radical (unpaired) electrons. The number of anilines is 1. The number of nitrogens with one attached hydrogen (secondary N) is 2. The summed E-state index contributed by atoms with van der Waals surface area (Å²) in [5, 5.41) is 19.1. The number of hydrogen-bond donors (Lipinski definition) is 3. The van der Waals surface area contributed by atoms with Gasteiger partial charge in [-0.2, -0.15) is 0 Å². The van der Waals surface area contributed by atoms with Gasteiger partial charge in [0.15, 0.2) is 0 Å². The number of urea groups is 1. The van der Waals surface area contributed by atoms with Gasteiger partial charge in [-0.1, -0.05) is 12.8 Å². The van der Waals surface area contributed by atoms with Crippen LogP contribution in [0.1, 0.15) is 38.5 Å². The van der Waals surface area contributed by atoms with Crippen LogP contribution in [0.3, 0.4) is 0 Å². The minimum Gasteiger partial charge on any atom is -0.396 e. The van der Waals surface area contributed by atoms with Crippen molar-refractivity contribution >= 4 is 22.4 Å². The summed E-state index contributed by atoms with van der Waals surface area (Å²) in [6.45, 7) is 2.16. The van der Waals surface area contributed by atoms with Gasteiger partial charge in [0, 0.05) is 37.7 Å². The zero-order chi connectivity index (χ0) is 16.1. The van der Waals surface area contributed by atoms with Crippen molar-refractivity contribution in [2.45, 2.75) is 50.6 Å². The molecule has 0 bridgehead atoms. The van der Waals surface area contributed by atoms with Crippen LogP contribution in [0.4, 0.5) is 9.80 Å². The summed E-state index contributed by atoms with van der Waals surface area (Å²) >= 11 is 1.77. The zero-order valence-electron chi connectivity index (χ0n) is 13.5. The number of aliphatic hydroxyl groups is 1. The van der Waals surface area contributed by atoms with Gasteiger partial charge in [0.1, 0.15) is 0 Å². The molecule has 1 saturated carbocycles. The molecule has 6 heteroatoms. The van der Waals surface area contributed by atoms with Gasteiger partial charge in [0.25, 0.3) is 0 Å². The van der Waals surface area contributed by atoms with Crippen molar-refractivity contribution < 1.29 is 9.90 Å². The molecule has 2 unspecified atom stereocenters. The first-order valence-electron chi connectivity index (χ1n) is 8.72. The van der Waals surface area contributed by atoms with Crippen LogP contribution < -0.4 is 15.5 Å². The summed E-state index contributed by atoms with van der Waals surface area (Å²) in [6, 6.07) is 4.55. The Morgan fingerprint density at radius 1 is 1.22 bits per heavy atom. The Hall–Kier alpha value is -1.27. The van der Waals surface area contributed by atoms with Crippen LogP contribution >= 0.6 is 11.3 Å². The van der Waals surface area contributed by atoms with E-state index in [1.54, 1.807) is 11.3 Å². The lowest BCUT2D eigenvalue weighted by molar-refractivity contribution is 0.153. The maximum absolute atomic E-state index is 12.2. The second-order valence-electron chi connectivity index (χ2n) is 6.66. The molecule has 1 aliphatic carbocycles. The van der Waals surface area contributed by atoms with E-state index in [1.165, 1.54) is 5.00 Å². The second kappa shape index (κ2) is 8.02. The standard InChI is InChI=1S/C17H27N3O2S/c21-12-13-4-1-2-5-15(13)19-17(22)18-14-7-9-20(10-8-14)16-6-3-11-23-16/h3,6,11,13-15,21H,1-2,4-5,7-10,12H2,(H2,18,19,22). The molecule has 1 aromatic rings. The van der Waals surface area contributed by atoms with Crippen molar-refractivity contribution in [1.29, 1.82) is 0 Å². The molecule has 128 valence electrons. The third kappa shape index (κ3) is 4.38. The molecule has 1 aliphatic heterocycles. The molecule has 2 atom stereocenters. The minimum absolute atomic E-state index is 0.0649. The van der Waals surface area contributed by atoms with Crippen LogP contribution in [0.5, 0.6) is 0 Å². The maximum atomic E-state index is 12.2. The first kappa shape index (κ1) is 16.6. The van der Waals surface area contributed by atoms with Crippen LogP contribution in [0, 0.1) is 5.92 Å². The summed E-state index contributed by atoms with van der Waals surface area (Å²) in [4.78, 5) is 14.6. The molecule has 3 rings (SSSR count). The second-order valence-corrected chi connectivity index (χ2v) is 7.59. The van der Waals surface area contributed by atoms with Crippen LogP contribution in [0.15, 0.2) is 17.5 Å². The Balaban J connectivity index is 1.42. The smallest absolute Gasteiger partial charge is 0.315 e. The maximum Gasteiger partial charge on any atom is 0.315 e. The fraction of sp³-hybridized carbons (Fsp3) is 0.706. The van der Waals surface area contributed by atoms with Crippen LogP contribution in [0.2, 0.25) is 0 Å². The van der Waals surface area contributed by atoms with Gasteiger partial charge in [0.05, 0.1) is 5.00 Å². The monoisotopic (exact) mass is 337 g/mol. The Morgan fingerprint density at radius 2 is 2.00 bits per heavy atom. The minimum atomic E-state index is -0.0649. The van der Waals surface area contributed by atoms with Crippen LogP contribution in [-0.4, -0.2) is 42.9 Å². The number of nitrogens with zero attached hydrogens (tertiary/aromatic N) is 1. The highest BCUT2D eigenvalue weighted by molar-refractivity contribution is 7.14. The predicted octanol–water partition coefficient (Wildman–Crippen LogP) is 2.57.